The van der Waals surface area contributed by atoms with Crippen LogP contribution in [0, 0.1) is 3.57 Å². The van der Waals surface area contributed by atoms with Gasteiger partial charge in [0.05, 0.1) is 0 Å². The average molecular weight is 887 g/mol. The fourth-order valence-corrected chi connectivity index (χ4v) is 16.1. The summed E-state index contributed by atoms with van der Waals surface area (Å²) in [4.78, 5) is 0. The van der Waals surface area contributed by atoms with Gasteiger partial charge in [0, 0.05) is 51.9 Å². The van der Waals surface area contributed by atoms with Gasteiger partial charge in [-0.05, 0) is 83.1 Å². The molecule has 0 spiro atoms. The van der Waals surface area contributed by atoms with Gasteiger partial charge in [0.1, 0.15) is 34.5 Å². The van der Waals surface area contributed by atoms with Crippen molar-refractivity contribution in [1.29, 1.82) is 0 Å². The second kappa shape index (κ2) is 16.2. The molecule has 9 rings (SSSR count). The fraction of sp³-hybridized carbons (Fsp3) is 0.260. The molecule has 0 amide bonds. The minimum Gasteiger partial charge on any atom is -0.456 e. The van der Waals surface area contributed by atoms with E-state index >= 15 is 0 Å². The van der Waals surface area contributed by atoms with Crippen LogP contribution in [0.15, 0.2) is 121 Å². The number of hydrogen-bond acceptors (Lipinski definition) is 3. The molecular weight excluding hydrogens is 837 g/mol. The quantitative estimate of drug-likeness (QED) is 0.0736. The van der Waals surface area contributed by atoms with Crippen LogP contribution in [-0.4, -0.2) is 4.01 Å². The van der Waals surface area contributed by atoms with Gasteiger partial charge in [0.2, 0.25) is 0 Å². The molecule has 3 nitrogen and oxygen atoms in total. The number of unbranched alkanes of at least 4 members (excludes halogenated alkanes) is 5. The standard InChI is InChI=1S/C50H49IO3P2/c1-5-7-9-10-11-20-34-30-36-48(46(31-34)55-42-25-16-12-21-38(42)52-39-22-13-17-26-43(39)55)54-49-37(50(36,3)4)32-35(51-29-8-6-2)33-47(49)56-44-27-18-14-23-40(44)53-41-24-15-19-28-45(41)56/h12-19,21-33H,5-11,20H2,1-4H3. The molecule has 0 bridgehead atoms. The third kappa shape index (κ3) is 6.95. The predicted octanol–water partition coefficient (Wildman–Crippen LogP) is 12.1. The summed E-state index contributed by atoms with van der Waals surface area (Å²) in [5, 5.41) is 7.59. The molecule has 56 heavy (non-hydrogen) atoms. The summed E-state index contributed by atoms with van der Waals surface area (Å²) in [6.45, 7) is 9.47. The minimum absolute atomic E-state index is 0.291. The maximum atomic E-state index is 7.69. The second-order valence-electron chi connectivity index (χ2n) is 15.5. The van der Waals surface area contributed by atoms with E-state index in [2.05, 4.69) is 153 Å². The lowest BCUT2D eigenvalue weighted by Crippen LogP contribution is -2.35. The summed E-state index contributed by atoms with van der Waals surface area (Å²) in [5.41, 5.74) is 3.72. The van der Waals surface area contributed by atoms with Crippen molar-refractivity contribution in [1.82, 2.24) is 0 Å². The van der Waals surface area contributed by atoms with Crippen molar-refractivity contribution in [2.75, 3.05) is 0 Å². The number of ether oxygens (including phenoxy) is 3. The lowest BCUT2D eigenvalue weighted by molar-refractivity contribution is 0.424. The summed E-state index contributed by atoms with van der Waals surface area (Å²) in [6, 6.07) is 44.7. The number of aryl methyl sites for hydroxylation is 1. The number of fused-ring (bicyclic) bond motifs is 6. The monoisotopic (exact) mass is 886 g/mol. The van der Waals surface area contributed by atoms with E-state index in [1.807, 2.05) is 0 Å². The number of hydrogen-bond donors (Lipinski definition) is 0. The normalized spacial score (nSPS) is 15.1. The number of para-hydroxylation sites is 4. The van der Waals surface area contributed by atoms with E-state index in [1.54, 1.807) is 0 Å². The number of halogens is 1. The molecule has 0 atom stereocenters. The van der Waals surface area contributed by atoms with Crippen molar-refractivity contribution in [3.05, 3.63) is 142 Å². The molecule has 3 aliphatic rings. The Hall–Kier alpha value is -3.82. The van der Waals surface area contributed by atoms with E-state index in [-0.39, 0.29) is 26.1 Å². The maximum Gasteiger partial charge on any atom is 0.139 e. The van der Waals surface area contributed by atoms with Gasteiger partial charge in [-0.15, -0.1) is 0 Å². The van der Waals surface area contributed by atoms with E-state index in [4.69, 9.17) is 14.2 Å². The van der Waals surface area contributed by atoms with Crippen molar-refractivity contribution >= 4 is 72.4 Å². The highest BCUT2D eigenvalue weighted by Crippen LogP contribution is 2.56. The van der Waals surface area contributed by atoms with E-state index in [9.17, 15) is 0 Å². The number of rotatable bonds is 11. The van der Waals surface area contributed by atoms with Crippen LogP contribution >= 0.6 is 36.6 Å². The molecule has 0 saturated carbocycles. The summed E-state index contributed by atoms with van der Waals surface area (Å²) in [5.74, 6) is 5.85. The van der Waals surface area contributed by atoms with Crippen molar-refractivity contribution in [3.63, 3.8) is 0 Å². The zero-order valence-electron chi connectivity index (χ0n) is 32.8. The summed E-state index contributed by atoms with van der Waals surface area (Å²) < 4.78 is 24.9. The first kappa shape index (κ1) is 37.7. The topological polar surface area (TPSA) is 27.7 Å². The van der Waals surface area contributed by atoms with Crippen LogP contribution in [0.1, 0.15) is 89.3 Å². The Balaban J connectivity index is 1.28. The fourth-order valence-electron chi connectivity index (χ4n) is 8.29. The number of benzene rings is 6. The van der Waals surface area contributed by atoms with Gasteiger partial charge < -0.3 is 14.2 Å². The molecule has 0 radical (unpaired) electrons. The average Bonchev–Trinajstić information content (AvgIpc) is 3.22. The zero-order chi connectivity index (χ0) is 38.2. The first-order valence-corrected chi connectivity index (χ1v) is 25.3. The molecular formula is C50H49IO3P2. The van der Waals surface area contributed by atoms with Gasteiger partial charge in [-0.2, -0.15) is 0 Å². The SMILES string of the molecule is CCCC=Ic1cc(P2c3ccccc3Oc3ccccc32)c2c(c1)C(C)(C)c1cc(CCCCCCC)cc(P3c4ccccc4Oc4ccccc43)c1O2. The Morgan fingerprint density at radius 3 is 1.52 bits per heavy atom. The van der Waals surface area contributed by atoms with Crippen molar-refractivity contribution in [2.24, 2.45) is 0 Å². The highest BCUT2D eigenvalue weighted by molar-refractivity contribution is 14.2. The largest absolute Gasteiger partial charge is 0.456 e. The van der Waals surface area contributed by atoms with Gasteiger partial charge in [0.25, 0.3) is 0 Å². The van der Waals surface area contributed by atoms with Crippen LogP contribution in [0.3, 0.4) is 0 Å². The molecule has 3 aliphatic heterocycles. The molecule has 6 heteroatoms. The Morgan fingerprint density at radius 1 is 0.518 bits per heavy atom. The van der Waals surface area contributed by atoms with E-state index in [1.165, 1.54) is 90.6 Å². The Morgan fingerprint density at radius 2 is 1.00 bits per heavy atom. The molecule has 0 unspecified atom stereocenters. The maximum absolute atomic E-state index is 7.69. The molecule has 6 aromatic rings. The highest BCUT2D eigenvalue weighted by Gasteiger charge is 2.42. The van der Waals surface area contributed by atoms with Crippen molar-refractivity contribution in [3.8, 4) is 34.5 Å². The summed E-state index contributed by atoms with van der Waals surface area (Å²) in [6.07, 6.45) is 9.71. The molecule has 0 N–H and O–H groups in total. The van der Waals surface area contributed by atoms with Crippen LogP contribution in [0.4, 0.5) is 0 Å². The summed E-state index contributed by atoms with van der Waals surface area (Å²) in [7, 11) is -1.94. The third-order valence-corrected chi connectivity index (χ3v) is 18.7. The Labute approximate surface area is 345 Å². The van der Waals surface area contributed by atoms with Crippen LogP contribution in [0.25, 0.3) is 0 Å². The van der Waals surface area contributed by atoms with E-state index in [0.717, 1.165) is 47.3 Å². The lowest BCUT2D eigenvalue weighted by atomic mass is 9.75. The molecule has 0 aromatic heterocycles. The summed E-state index contributed by atoms with van der Waals surface area (Å²) >= 11 is -0.291. The van der Waals surface area contributed by atoms with Gasteiger partial charge in [-0.3, -0.25) is 0 Å². The smallest absolute Gasteiger partial charge is 0.139 e. The second-order valence-corrected chi connectivity index (χ2v) is 22.5. The molecule has 3 heterocycles. The van der Waals surface area contributed by atoms with Crippen LogP contribution in [-0.2, 0) is 11.8 Å². The van der Waals surface area contributed by atoms with Crippen molar-refractivity contribution < 1.29 is 14.2 Å². The molecule has 6 aromatic carbocycles. The molecule has 0 aliphatic carbocycles. The lowest BCUT2D eigenvalue weighted by Gasteiger charge is -2.40. The van der Waals surface area contributed by atoms with Crippen LogP contribution in [0.5, 0.6) is 34.5 Å². The Kier molecular flexibility index (Phi) is 10.9. The highest BCUT2D eigenvalue weighted by atomic mass is 127. The Bertz CT molecular complexity index is 2360. The minimum atomic E-state index is -0.974. The molecule has 284 valence electrons. The first-order valence-electron chi connectivity index (χ1n) is 20.3. The third-order valence-electron chi connectivity index (χ3n) is 11.2. The van der Waals surface area contributed by atoms with Gasteiger partial charge in [-0.1, -0.05) is 163 Å². The first-order chi connectivity index (χ1) is 27.5. The van der Waals surface area contributed by atoms with Crippen molar-refractivity contribution in [2.45, 2.75) is 84.5 Å². The molecule has 0 fully saturated rings. The molecule has 0 saturated heterocycles. The van der Waals surface area contributed by atoms with Crippen LogP contribution < -0.4 is 46.0 Å². The van der Waals surface area contributed by atoms with Crippen LogP contribution in [0.2, 0.25) is 0 Å². The van der Waals surface area contributed by atoms with Gasteiger partial charge >= 0.3 is 0 Å². The van der Waals surface area contributed by atoms with E-state index < -0.39 is 15.8 Å². The predicted molar refractivity (Wildman–Crippen MR) is 249 cm³/mol. The van der Waals surface area contributed by atoms with E-state index in [0.29, 0.717) is 0 Å². The zero-order valence-corrected chi connectivity index (χ0v) is 36.7. The van der Waals surface area contributed by atoms with Gasteiger partial charge in [-0.25, -0.2) is 0 Å². The van der Waals surface area contributed by atoms with Gasteiger partial charge in [0.15, 0.2) is 0 Å².